The van der Waals surface area contributed by atoms with E-state index in [4.69, 9.17) is 4.74 Å². The van der Waals surface area contributed by atoms with Crippen LogP contribution in [0, 0.1) is 0 Å². The fourth-order valence-electron chi connectivity index (χ4n) is 2.37. The van der Waals surface area contributed by atoms with Crippen molar-refractivity contribution in [3.8, 4) is 0 Å². The van der Waals surface area contributed by atoms with Gasteiger partial charge in [-0.3, -0.25) is 9.59 Å². The van der Waals surface area contributed by atoms with E-state index in [2.05, 4.69) is 20.4 Å². The first-order valence-corrected chi connectivity index (χ1v) is 6.96. The maximum absolute atomic E-state index is 12.2. The monoisotopic (exact) mass is 291 g/mol. The molecule has 2 aliphatic rings. The maximum atomic E-state index is 12.2. The highest BCUT2D eigenvalue weighted by molar-refractivity contribution is 5.95. The molecule has 2 fully saturated rings. The largest absolute Gasteiger partial charge is 0.378 e. The molecule has 8 nitrogen and oxygen atoms in total. The van der Waals surface area contributed by atoms with E-state index < -0.39 is 0 Å². The number of hydrogen-bond acceptors (Lipinski definition) is 6. The molecule has 0 saturated carbocycles. The zero-order chi connectivity index (χ0) is 14.7. The van der Waals surface area contributed by atoms with E-state index in [1.54, 1.807) is 12.1 Å². The van der Waals surface area contributed by atoms with E-state index in [9.17, 15) is 9.59 Å². The first kappa shape index (κ1) is 13.7. The quantitative estimate of drug-likeness (QED) is 0.743. The zero-order valence-electron chi connectivity index (χ0n) is 11.6. The number of aromatic nitrogens is 2. The predicted octanol–water partition coefficient (Wildman–Crippen LogP) is -1.11. The number of morpholine rings is 1. The van der Waals surface area contributed by atoms with Crippen LogP contribution in [0.1, 0.15) is 10.5 Å². The van der Waals surface area contributed by atoms with Crippen LogP contribution in [0.15, 0.2) is 12.1 Å². The Morgan fingerprint density at radius 1 is 1.19 bits per heavy atom. The number of carbonyl (C=O) groups excluding carboxylic acids is 2. The third-order valence-electron chi connectivity index (χ3n) is 3.53. The van der Waals surface area contributed by atoms with Crippen LogP contribution in [0.4, 0.5) is 5.82 Å². The number of hydrogen-bond donors (Lipinski definition) is 1. The molecule has 0 aliphatic carbocycles. The van der Waals surface area contributed by atoms with E-state index >= 15 is 0 Å². The van der Waals surface area contributed by atoms with Crippen LogP contribution in [-0.2, 0) is 9.53 Å². The average molecular weight is 291 g/mol. The third kappa shape index (κ3) is 3.10. The van der Waals surface area contributed by atoms with Crippen molar-refractivity contribution >= 4 is 17.6 Å². The number of piperazine rings is 1. The molecule has 3 heterocycles. The molecule has 0 aromatic carbocycles. The number of nitrogens with zero attached hydrogens (tertiary/aromatic N) is 4. The molecule has 0 spiro atoms. The summed E-state index contributed by atoms with van der Waals surface area (Å²) < 4.78 is 5.28. The number of ether oxygens (including phenoxy) is 1. The molecule has 112 valence electrons. The zero-order valence-corrected chi connectivity index (χ0v) is 11.6. The van der Waals surface area contributed by atoms with E-state index in [0.717, 1.165) is 18.9 Å². The van der Waals surface area contributed by atoms with Gasteiger partial charge in [-0.2, -0.15) is 0 Å². The van der Waals surface area contributed by atoms with Gasteiger partial charge in [-0.1, -0.05) is 0 Å². The van der Waals surface area contributed by atoms with Crippen LogP contribution in [0.5, 0.6) is 0 Å². The highest BCUT2D eigenvalue weighted by atomic mass is 16.5. The van der Waals surface area contributed by atoms with Crippen molar-refractivity contribution < 1.29 is 14.3 Å². The molecule has 0 bridgehead atoms. The van der Waals surface area contributed by atoms with Crippen LogP contribution in [0.25, 0.3) is 0 Å². The fourth-order valence-corrected chi connectivity index (χ4v) is 2.37. The molecule has 8 heteroatoms. The van der Waals surface area contributed by atoms with Crippen molar-refractivity contribution in [1.82, 2.24) is 20.4 Å². The van der Waals surface area contributed by atoms with Gasteiger partial charge in [0.05, 0.1) is 19.8 Å². The Balaban J connectivity index is 1.68. The Hall–Kier alpha value is -2.22. The first-order chi connectivity index (χ1) is 10.2. The van der Waals surface area contributed by atoms with Crippen molar-refractivity contribution in [2.45, 2.75) is 0 Å². The second kappa shape index (κ2) is 6.04. The van der Waals surface area contributed by atoms with Gasteiger partial charge in [0.15, 0.2) is 11.5 Å². The summed E-state index contributed by atoms with van der Waals surface area (Å²) in [5.74, 6) is 0.338. The van der Waals surface area contributed by atoms with E-state index in [-0.39, 0.29) is 24.1 Å². The van der Waals surface area contributed by atoms with Gasteiger partial charge >= 0.3 is 0 Å². The van der Waals surface area contributed by atoms with Crippen LogP contribution in [0.3, 0.4) is 0 Å². The minimum atomic E-state index is -0.258. The molecule has 0 unspecified atom stereocenters. The molecule has 2 saturated heterocycles. The molecule has 1 N–H and O–H groups in total. The van der Waals surface area contributed by atoms with Crippen molar-refractivity contribution in [2.24, 2.45) is 0 Å². The van der Waals surface area contributed by atoms with Gasteiger partial charge in [0.25, 0.3) is 5.91 Å². The molecule has 21 heavy (non-hydrogen) atoms. The van der Waals surface area contributed by atoms with Gasteiger partial charge in [-0.05, 0) is 12.1 Å². The lowest BCUT2D eigenvalue weighted by atomic mass is 10.3. The molecule has 0 atom stereocenters. The molecule has 3 rings (SSSR count). The Kier molecular flexibility index (Phi) is 3.96. The van der Waals surface area contributed by atoms with Crippen LogP contribution in [-0.4, -0.2) is 72.8 Å². The van der Waals surface area contributed by atoms with Crippen molar-refractivity contribution in [3.05, 3.63) is 17.8 Å². The minimum absolute atomic E-state index is 0.0751. The van der Waals surface area contributed by atoms with Crippen LogP contribution in [0.2, 0.25) is 0 Å². The highest BCUT2D eigenvalue weighted by Crippen LogP contribution is 2.12. The lowest BCUT2D eigenvalue weighted by molar-refractivity contribution is -0.123. The number of rotatable bonds is 2. The van der Waals surface area contributed by atoms with Crippen molar-refractivity contribution in [3.63, 3.8) is 0 Å². The SMILES string of the molecule is O=C1CN(C(=O)c2ccc(N3CCOCC3)nn2)CCN1. The summed E-state index contributed by atoms with van der Waals surface area (Å²) in [5, 5.41) is 10.8. The number of amides is 2. The lowest BCUT2D eigenvalue weighted by Crippen LogP contribution is -2.50. The average Bonchev–Trinajstić information content (AvgIpc) is 2.55. The topological polar surface area (TPSA) is 87.7 Å². The minimum Gasteiger partial charge on any atom is -0.378 e. The predicted molar refractivity (Wildman–Crippen MR) is 74.0 cm³/mol. The normalized spacial score (nSPS) is 19.3. The number of carbonyl (C=O) groups is 2. The van der Waals surface area contributed by atoms with E-state index in [1.165, 1.54) is 4.90 Å². The summed E-state index contributed by atoms with van der Waals surface area (Å²) in [6, 6.07) is 3.45. The van der Waals surface area contributed by atoms with Gasteiger partial charge in [-0.15, -0.1) is 10.2 Å². The van der Waals surface area contributed by atoms with E-state index in [1.807, 2.05) is 0 Å². The summed E-state index contributed by atoms with van der Waals surface area (Å²) >= 11 is 0. The Morgan fingerprint density at radius 3 is 2.67 bits per heavy atom. The van der Waals surface area contributed by atoms with Gasteiger partial charge in [0.2, 0.25) is 5.91 Å². The van der Waals surface area contributed by atoms with Gasteiger partial charge in [0, 0.05) is 26.2 Å². The number of anilines is 1. The highest BCUT2D eigenvalue weighted by Gasteiger charge is 2.23. The second-order valence-electron chi connectivity index (χ2n) is 4.95. The van der Waals surface area contributed by atoms with E-state index in [0.29, 0.717) is 26.3 Å². The molecular weight excluding hydrogens is 274 g/mol. The Labute approximate surface area is 122 Å². The maximum Gasteiger partial charge on any atom is 0.274 e. The standard InChI is InChI=1S/C13H17N5O3/c19-12-9-18(4-3-14-12)13(20)10-1-2-11(16-15-10)17-5-7-21-8-6-17/h1-2H,3-9H2,(H,14,19). The van der Waals surface area contributed by atoms with Gasteiger partial charge in [0.1, 0.15) is 0 Å². The Bertz CT molecular complexity index is 527. The molecule has 1 aromatic heterocycles. The first-order valence-electron chi connectivity index (χ1n) is 6.96. The summed E-state index contributed by atoms with van der Waals surface area (Å²) in [6.07, 6.45) is 0. The van der Waals surface area contributed by atoms with Crippen LogP contribution >= 0.6 is 0 Å². The Morgan fingerprint density at radius 2 is 2.00 bits per heavy atom. The molecule has 2 amide bonds. The molecular formula is C13H17N5O3. The summed E-state index contributed by atoms with van der Waals surface area (Å²) in [4.78, 5) is 27.1. The van der Waals surface area contributed by atoms with Crippen molar-refractivity contribution in [2.75, 3.05) is 50.8 Å². The van der Waals surface area contributed by atoms with Crippen LogP contribution < -0.4 is 10.2 Å². The van der Waals surface area contributed by atoms with Crippen molar-refractivity contribution in [1.29, 1.82) is 0 Å². The third-order valence-corrected chi connectivity index (χ3v) is 3.53. The fraction of sp³-hybridized carbons (Fsp3) is 0.538. The number of nitrogens with one attached hydrogen (secondary N) is 1. The molecule has 2 aliphatic heterocycles. The summed E-state index contributed by atoms with van der Waals surface area (Å²) in [6.45, 7) is 3.94. The smallest absolute Gasteiger partial charge is 0.274 e. The van der Waals surface area contributed by atoms with Gasteiger partial charge < -0.3 is 19.9 Å². The lowest BCUT2D eigenvalue weighted by Gasteiger charge is -2.28. The summed E-state index contributed by atoms with van der Waals surface area (Å²) in [5.41, 5.74) is 0.265. The molecule has 1 aromatic rings. The second-order valence-corrected chi connectivity index (χ2v) is 4.95. The molecule has 0 radical (unpaired) electrons. The summed E-state index contributed by atoms with van der Waals surface area (Å²) in [7, 11) is 0. The van der Waals surface area contributed by atoms with Gasteiger partial charge in [-0.25, -0.2) is 0 Å².